The highest BCUT2D eigenvalue weighted by Crippen LogP contribution is 2.26. The van der Waals surface area contributed by atoms with Crippen LogP contribution in [-0.4, -0.2) is 26.1 Å². The van der Waals surface area contributed by atoms with Gasteiger partial charge in [0, 0.05) is 0 Å². The maximum Gasteiger partial charge on any atom is 0.341 e. The molecule has 8 heteroatoms. The lowest BCUT2D eigenvalue weighted by atomic mass is 10.1. The zero-order chi connectivity index (χ0) is 15.3. The van der Waals surface area contributed by atoms with Crippen LogP contribution < -0.4 is 11.1 Å². The van der Waals surface area contributed by atoms with Crippen LogP contribution in [0.2, 0.25) is 0 Å². The molecule has 3 N–H and O–H groups in total. The Bertz CT molecular complexity index is 576. The second kappa shape index (κ2) is 6.76. The molecule has 0 heterocycles. The number of halogens is 2. The normalized spacial score (nSPS) is 13.2. The molecule has 0 aliphatic carbocycles. The number of nitrogens with two attached hydrogens (primary N) is 1. The lowest BCUT2D eigenvalue weighted by Crippen LogP contribution is -2.35. The minimum absolute atomic E-state index is 0.190. The largest absolute Gasteiger partial charge is 0.341 e. The van der Waals surface area contributed by atoms with E-state index in [2.05, 4.69) is 5.32 Å². The molecule has 0 fully saturated rings. The van der Waals surface area contributed by atoms with Crippen LogP contribution >= 0.6 is 0 Å². The fraction of sp³-hybridized carbons (Fsp3) is 0.417. The summed E-state index contributed by atoms with van der Waals surface area (Å²) in [5, 5.41) is 2.28. The number of alkyl halides is 2. The van der Waals surface area contributed by atoms with E-state index in [9.17, 15) is 22.0 Å². The first kappa shape index (κ1) is 16.5. The third-order valence-corrected chi connectivity index (χ3v) is 4.06. The fourth-order valence-corrected chi connectivity index (χ4v) is 2.47. The summed E-state index contributed by atoms with van der Waals surface area (Å²) >= 11 is 0. The number of benzene rings is 1. The molecule has 0 bridgehead atoms. The molecule has 0 aliphatic heterocycles. The molecule has 0 aliphatic rings. The number of rotatable bonds is 6. The number of sulfone groups is 1. The summed E-state index contributed by atoms with van der Waals surface area (Å²) in [5.41, 5.74) is 5.39. The second-order valence-electron chi connectivity index (χ2n) is 4.19. The van der Waals surface area contributed by atoms with Crippen molar-refractivity contribution in [3.8, 4) is 0 Å². The summed E-state index contributed by atoms with van der Waals surface area (Å²) in [6.07, 6.45) is 1.08. The highest BCUT2D eigenvalue weighted by atomic mass is 32.2. The summed E-state index contributed by atoms with van der Waals surface area (Å²) in [4.78, 5) is 11.1. The van der Waals surface area contributed by atoms with Crippen LogP contribution in [-0.2, 0) is 14.6 Å². The van der Waals surface area contributed by atoms with Gasteiger partial charge in [-0.15, -0.1) is 0 Å². The molecular formula is C12H16F2N2O3S. The van der Waals surface area contributed by atoms with Crippen molar-refractivity contribution in [2.75, 3.05) is 5.32 Å². The van der Waals surface area contributed by atoms with Gasteiger partial charge >= 0.3 is 5.76 Å². The van der Waals surface area contributed by atoms with Crippen LogP contribution in [0.15, 0.2) is 29.2 Å². The summed E-state index contributed by atoms with van der Waals surface area (Å²) < 4.78 is 48.1. The molecule has 1 aromatic rings. The number of para-hydroxylation sites is 1. The van der Waals surface area contributed by atoms with Gasteiger partial charge in [-0.1, -0.05) is 25.5 Å². The van der Waals surface area contributed by atoms with Crippen LogP contribution in [0, 0.1) is 0 Å². The standard InChI is InChI=1S/C12H16F2N2O3S/c1-2-5-8(15)11(17)16-9-6-3-4-7-10(9)20(18,19)12(13)14/h3-4,6-8,12H,2,5,15H2,1H3,(H,16,17). The smallest absolute Gasteiger partial charge is 0.324 e. The van der Waals surface area contributed by atoms with E-state index in [0.29, 0.717) is 12.8 Å². The quantitative estimate of drug-likeness (QED) is 0.838. The molecular weight excluding hydrogens is 290 g/mol. The van der Waals surface area contributed by atoms with Gasteiger partial charge in [0.2, 0.25) is 15.7 Å². The van der Waals surface area contributed by atoms with Crippen molar-refractivity contribution in [2.24, 2.45) is 5.73 Å². The molecule has 1 unspecified atom stereocenters. The van der Waals surface area contributed by atoms with Gasteiger partial charge < -0.3 is 11.1 Å². The van der Waals surface area contributed by atoms with Gasteiger partial charge in [0.1, 0.15) is 0 Å². The summed E-state index contributed by atoms with van der Waals surface area (Å²) in [7, 11) is -4.78. The van der Waals surface area contributed by atoms with E-state index in [1.807, 2.05) is 6.92 Å². The first-order valence-electron chi connectivity index (χ1n) is 5.98. The van der Waals surface area contributed by atoms with Gasteiger partial charge in [0.15, 0.2) is 0 Å². The average Bonchev–Trinajstić information content (AvgIpc) is 2.39. The topological polar surface area (TPSA) is 89.3 Å². The van der Waals surface area contributed by atoms with Crippen LogP contribution in [0.4, 0.5) is 14.5 Å². The van der Waals surface area contributed by atoms with Gasteiger partial charge in [-0.25, -0.2) is 8.42 Å². The Morgan fingerprint density at radius 3 is 2.50 bits per heavy atom. The van der Waals surface area contributed by atoms with Gasteiger partial charge in [0.05, 0.1) is 16.6 Å². The predicted octanol–water partition coefficient (Wildman–Crippen LogP) is 1.75. The lowest BCUT2D eigenvalue weighted by molar-refractivity contribution is -0.117. The van der Waals surface area contributed by atoms with E-state index < -0.39 is 32.4 Å². The fourth-order valence-electron chi connectivity index (χ4n) is 1.58. The van der Waals surface area contributed by atoms with E-state index in [0.717, 1.165) is 6.07 Å². The molecule has 1 atom stereocenters. The summed E-state index contributed by atoms with van der Waals surface area (Å²) in [6.45, 7) is 1.84. The Morgan fingerprint density at radius 2 is 1.95 bits per heavy atom. The number of carbonyl (C=O) groups is 1. The number of amides is 1. The van der Waals surface area contributed by atoms with E-state index in [-0.39, 0.29) is 5.69 Å². The number of hydrogen-bond donors (Lipinski definition) is 2. The van der Waals surface area contributed by atoms with E-state index >= 15 is 0 Å². The van der Waals surface area contributed by atoms with Crippen molar-refractivity contribution >= 4 is 21.4 Å². The summed E-state index contributed by atoms with van der Waals surface area (Å²) in [5.74, 6) is -4.16. The van der Waals surface area contributed by atoms with Crippen molar-refractivity contribution in [3.63, 3.8) is 0 Å². The minimum Gasteiger partial charge on any atom is -0.324 e. The predicted molar refractivity (Wildman–Crippen MR) is 71.1 cm³/mol. The Kier molecular flexibility index (Phi) is 5.58. The molecule has 1 amide bonds. The highest BCUT2D eigenvalue weighted by Gasteiger charge is 2.29. The molecule has 0 saturated heterocycles. The Labute approximate surface area is 116 Å². The SMILES string of the molecule is CCCC(N)C(=O)Nc1ccccc1S(=O)(=O)C(F)F. The molecule has 20 heavy (non-hydrogen) atoms. The van der Waals surface area contributed by atoms with Gasteiger partial charge in [-0.2, -0.15) is 8.78 Å². The molecule has 1 aromatic carbocycles. The number of nitrogens with one attached hydrogen (secondary N) is 1. The Balaban J connectivity index is 3.07. The molecule has 0 radical (unpaired) electrons. The molecule has 0 spiro atoms. The second-order valence-corrected chi connectivity index (χ2v) is 6.07. The lowest BCUT2D eigenvalue weighted by Gasteiger charge is -2.14. The van der Waals surface area contributed by atoms with Gasteiger partial charge in [0.25, 0.3) is 0 Å². The van der Waals surface area contributed by atoms with Crippen molar-refractivity contribution < 1.29 is 22.0 Å². The van der Waals surface area contributed by atoms with Crippen molar-refractivity contribution in [2.45, 2.75) is 36.5 Å². The maximum absolute atomic E-state index is 12.6. The number of hydrogen-bond acceptors (Lipinski definition) is 4. The maximum atomic E-state index is 12.6. The van der Waals surface area contributed by atoms with Crippen molar-refractivity contribution in [1.29, 1.82) is 0 Å². The van der Waals surface area contributed by atoms with Gasteiger partial charge in [-0.3, -0.25) is 4.79 Å². The first-order valence-corrected chi connectivity index (χ1v) is 7.52. The third kappa shape index (κ3) is 3.73. The highest BCUT2D eigenvalue weighted by molar-refractivity contribution is 7.91. The van der Waals surface area contributed by atoms with Crippen molar-refractivity contribution in [3.05, 3.63) is 24.3 Å². The molecule has 0 aromatic heterocycles. The number of anilines is 1. The van der Waals surface area contributed by atoms with Crippen LogP contribution in [0.25, 0.3) is 0 Å². The van der Waals surface area contributed by atoms with Crippen LogP contribution in [0.3, 0.4) is 0 Å². The van der Waals surface area contributed by atoms with Crippen LogP contribution in [0.1, 0.15) is 19.8 Å². The number of carbonyl (C=O) groups excluding carboxylic acids is 1. The average molecular weight is 306 g/mol. The molecule has 0 saturated carbocycles. The van der Waals surface area contributed by atoms with Gasteiger partial charge in [-0.05, 0) is 18.6 Å². The monoisotopic (exact) mass is 306 g/mol. The molecule has 112 valence electrons. The van der Waals surface area contributed by atoms with E-state index in [4.69, 9.17) is 5.73 Å². The zero-order valence-electron chi connectivity index (χ0n) is 10.8. The van der Waals surface area contributed by atoms with Crippen molar-refractivity contribution in [1.82, 2.24) is 0 Å². The first-order chi connectivity index (χ1) is 9.30. The zero-order valence-corrected chi connectivity index (χ0v) is 11.7. The van der Waals surface area contributed by atoms with E-state index in [1.54, 1.807) is 0 Å². The Morgan fingerprint density at radius 1 is 1.35 bits per heavy atom. The minimum atomic E-state index is -4.78. The molecule has 1 rings (SSSR count). The summed E-state index contributed by atoms with van der Waals surface area (Å²) in [6, 6.07) is 4.18. The molecule has 5 nitrogen and oxygen atoms in total. The Hall–Kier alpha value is -1.54. The van der Waals surface area contributed by atoms with Crippen LogP contribution in [0.5, 0.6) is 0 Å². The van der Waals surface area contributed by atoms with E-state index in [1.165, 1.54) is 18.2 Å². The third-order valence-electron chi connectivity index (χ3n) is 2.62.